The van der Waals surface area contributed by atoms with Crippen molar-refractivity contribution in [3.05, 3.63) is 90.1 Å². The maximum Gasteiger partial charge on any atom is 0.0709 e. The third-order valence-corrected chi connectivity index (χ3v) is 3.84. The summed E-state index contributed by atoms with van der Waals surface area (Å²) in [5.41, 5.74) is 3.20. The summed E-state index contributed by atoms with van der Waals surface area (Å²) in [6.07, 6.45) is 4.18. The quantitative estimate of drug-likeness (QED) is 0.469. The van der Waals surface area contributed by atoms with Crippen LogP contribution >= 0.6 is 0 Å². The molecular formula is C21H15N. The second-order valence-electron chi connectivity index (χ2n) is 5.37. The fraction of sp³-hybridized carbons (Fsp3) is 0. The largest absolute Gasteiger partial charge is 0.248 e. The molecule has 1 nitrogen and oxygen atoms in total. The van der Waals surface area contributed by atoms with Crippen molar-refractivity contribution in [1.29, 1.82) is 0 Å². The normalized spacial score (nSPS) is 11.5. The van der Waals surface area contributed by atoms with Crippen LogP contribution in [0.4, 0.5) is 0 Å². The minimum Gasteiger partial charge on any atom is -0.248 e. The van der Waals surface area contributed by atoms with Crippen molar-refractivity contribution >= 4 is 33.8 Å². The second kappa shape index (κ2) is 5.45. The summed E-state index contributed by atoms with van der Waals surface area (Å²) in [4.78, 5) is 4.67. The Hall–Kier alpha value is -2.93. The minimum absolute atomic E-state index is 0.979. The summed E-state index contributed by atoms with van der Waals surface area (Å²) in [6, 6.07) is 27.3. The maximum atomic E-state index is 4.67. The summed E-state index contributed by atoms with van der Waals surface area (Å²) in [5, 5.41) is 3.70. The van der Waals surface area contributed by atoms with Gasteiger partial charge in [-0.25, -0.2) is 4.98 Å². The first-order valence-corrected chi connectivity index (χ1v) is 7.41. The number of rotatable bonds is 2. The highest BCUT2D eigenvalue weighted by Crippen LogP contribution is 2.18. The van der Waals surface area contributed by atoms with Gasteiger partial charge >= 0.3 is 0 Å². The van der Waals surface area contributed by atoms with E-state index in [1.165, 1.54) is 21.7 Å². The van der Waals surface area contributed by atoms with Gasteiger partial charge in [-0.1, -0.05) is 66.7 Å². The van der Waals surface area contributed by atoms with Gasteiger partial charge < -0.3 is 0 Å². The van der Waals surface area contributed by atoms with Gasteiger partial charge in [0.05, 0.1) is 11.2 Å². The van der Waals surface area contributed by atoms with Crippen LogP contribution in [0.25, 0.3) is 33.8 Å². The van der Waals surface area contributed by atoms with Crippen molar-refractivity contribution in [3.8, 4) is 0 Å². The van der Waals surface area contributed by atoms with Crippen LogP contribution in [0, 0.1) is 0 Å². The van der Waals surface area contributed by atoms with Crippen molar-refractivity contribution in [2.75, 3.05) is 0 Å². The van der Waals surface area contributed by atoms with E-state index >= 15 is 0 Å². The highest BCUT2D eigenvalue weighted by atomic mass is 14.7. The molecule has 1 heterocycles. The molecule has 4 rings (SSSR count). The fourth-order valence-electron chi connectivity index (χ4n) is 2.67. The number of fused-ring (bicyclic) bond motifs is 2. The number of hydrogen-bond acceptors (Lipinski definition) is 1. The lowest BCUT2D eigenvalue weighted by molar-refractivity contribution is 1.37. The molecule has 0 atom stereocenters. The van der Waals surface area contributed by atoms with Crippen molar-refractivity contribution in [2.24, 2.45) is 0 Å². The van der Waals surface area contributed by atoms with Gasteiger partial charge in [0.2, 0.25) is 0 Å². The number of aromatic nitrogens is 1. The zero-order valence-electron chi connectivity index (χ0n) is 12.1. The molecule has 104 valence electrons. The highest BCUT2D eigenvalue weighted by molar-refractivity contribution is 5.86. The lowest BCUT2D eigenvalue weighted by Gasteiger charge is -2.00. The molecule has 4 aromatic rings. The predicted molar refractivity (Wildman–Crippen MR) is 94.6 cm³/mol. The van der Waals surface area contributed by atoms with Crippen LogP contribution < -0.4 is 0 Å². The van der Waals surface area contributed by atoms with E-state index in [4.69, 9.17) is 0 Å². The Morgan fingerprint density at radius 2 is 1.32 bits per heavy atom. The third kappa shape index (κ3) is 2.49. The van der Waals surface area contributed by atoms with Gasteiger partial charge in [0.1, 0.15) is 0 Å². The molecule has 0 fully saturated rings. The molecule has 0 radical (unpaired) electrons. The molecule has 0 N–H and O–H groups in total. The lowest BCUT2D eigenvalue weighted by Crippen LogP contribution is -1.82. The molecule has 1 aromatic heterocycles. The third-order valence-electron chi connectivity index (χ3n) is 3.84. The number of nitrogens with zero attached hydrogens (tertiary/aromatic N) is 1. The summed E-state index contributed by atoms with van der Waals surface area (Å²) >= 11 is 0. The average Bonchev–Trinajstić information content (AvgIpc) is 2.59. The molecule has 0 bridgehead atoms. The van der Waals surface area contributed by atoms with E-state index in [1.807, 2.05) is 18.2 Å². The Bertz CT molecular complexity index is 902. The highest BCUT2D eigenvalue weighted by Gasteiger charge is 1.96. The first-order chi connectivity index (χ1) is 10.9. The number of benzene rings is 3. The van der Waals surface area contributed by atoms with Gasteiger partial charge in [-0.3, -0.25) is 0 Å². The molecule has 1 heteroatoms. The maximum absolute atomic E-state index is 4.67. The first kappa shape index (κ1) is 12.8. The van der Waals surface area contributed by atoms with E-state index in [0.717, 1.165) is 11.2 Å². The van der Waals surface area contributed by atoms with Crippen LogP contribution in [0.2, 0.25) is 0 Å². The van der Waals surface area contributed by atoms with Crippen molar-refractivity contribution in [1.82, 2.24) is 4.98 Å². The Morgan fingerprint density at radius 3 is 2.23 bits per heavy atom. The van der Waals surface area contributed by atoms with Gasteiger partial charge in [-0.15, -0.1) is 0 Å². The van der Waals surface area contributed by atoms with Gasteiger partial charge in [-0.05, 0) is 40.6 Å². The summed E-state index contributed by atoms with van der Waals surface area (Å²) in [5.74, 6) is 0. The Balaban J connectivity index is 1.68. The Labute approximate surface area is 129 Å². The Kier molecular flexibility index (Phi) is 3.17. The number of pyridine rings is 1. The summed E-state index contributed by atoms with van der Waals surface area (Å²) < 4.78 is 0. The summed E-state index contributed by atoms with van der Waals surface area (Å²) in [6.45, 7) is 0. The number of para-hydroxylation sites is 1. The molecule has 22 heavy (non-hydrogen) atoms. The van der Waals surface area contributed by atoms with Crippen molar-refractivity contribution in [3.63, 3.8) is 0 Å². The summed E-state index contributed by atoms with van der Waals surface area (Å²) in [7, 11) is 0. The van der Waals surface area contributed by atoms with E-state index in [1.54, 1.807) is 0 Å². The van der Waals surface area contributed by atoms with E-state index in [9.17, 15) is 0 Å². The molecule has 0 aliphatic heterocycles. The van der Waals surface area contributed by atoms with Crippen LogP contribution in [0.1, 0.15) is 11.3 Å². The zero-order chi connectivity index (χ0) is 14.8. The molecule has 0 amide bonds. The molecule has 0 aliphatic rings. The van der Waals surface area contributed by atoms with Crippen LogP contribution in [0.5, 0.6) is 0 Å². The van der Waals surface area contributed by atoms with Crippen molar-refractivity contribution in [2.45, 2.75) is 0 Å². The van der Waals surface area contributed by atoms with E-state index < -0.39 is 0 Å². The fourth-order valence-corrected chi connectivity index (χ4v) is 2.67. The number of hydrogen-bond donors (Lipinski definition) is 0. The molecule has 3 aromatic carbocycles. The average molecular weight is 281 g/mol. The van der Waals surface area contributed by atoms with Gasteiger partial charge in [0.25, 0.3) is 0 Å². The standard InChI is InChI=1S/C21H15N/c1-2-7-19-15-16(9-11-17(19)5-1)10-13-20-14-12-18-6-3-4-8-21(18)22-20/h1-15H. The zero-order valence-corrected chi connectivity index (χ0v) is 12.1. The van der Waals surface area contributed by atoms with Gasteiger partial charge in [0, 0.05) is 5.39 Å². The second-order valence-corrected chi connectivity index (χ2v) is 5.37. The minimum atomic E-state index is 0.979. The SMILES string of the molecule is C(=Cc1ccc2ccccc2n1)c1ccc2ccccc2c1. The first-order valence-electron chi connectivity index (χ1n) is 7.41. The topological polar surface area (TPSA) is 12.9 Å². The molecular weight excluding hydrogens is 266 g/mol. The van der Waals surface area contributed by atoms with Crippen molar-refractivity contribution < 1.29 is 0 Å². The van der Waals surface area contributed by atoms with E-state index in [2.05, 4.69) is 77.8 Å². The Morgan fingerprint density at radius 1 is 0.591 bits per heavy atom. The van der Waals surface area contributed by atoms with Crippen LogP contribution in [-0.2, 0) is 0 Å². The van der Waals surface area contributed by atoms with Gasteiger partial charge in [-0.2, -0.15) is 0 Å². The smallest absolute Gasteiger partial charge is 0.0709 e. The molecule has 0 saturated heterocycles. The van der Waals surface area contributed by atoms with Crippen LogP contribution in [0.15, 0.2) is 78.9 Å². The molecule has 0 aliphatic carbocycles. The van der Waals surface area contributed by atoms with Crippen LogP contribution in [-0.4, -0.2) is 4.98 Å². The van der Waals surface area contributed by atoms with E-state index in [0.29, 0.717) is 0 Å². The molecule has 0 spiro atoms. The predicted octanol–water partition coefficient (Wildman–Crippen LogP) is 5.56. The van der Waals surface area contributed by atoms with E-state index in [-0.39, 0.29) is 0 Å². The monoisotopic (exact) mass is 281 g/mol. The van der Waals surface area contributed by atoms with Crippen LogP contribution in [0.3, 0.4) is 0 Å². The molecule has 0 unspecified atom stereocenters. The lowest BCUT2D eigenvalue weighted by atomic mass is 10.1. The molecule has 0 saturated carbocycles. The van der Waals surface area contributed by atoms with Gasteiger partial charge in [0.15, 0.2) is 0 Å².